The van der Waals surface area contributed by atoms with Crippen LogP contribution in [0.25, 0.3) is 11.0 Å². The molecule has 0 bridgehead atoms. The third-order valence-corrected chi connectivity index (χ3v) is 2.51. The van der Waals surface area contributed by atoms with Crippen LogP contribution in [-0.2, 0) is 10.8 Å². The van der Waals surface area contributed by atoms with E-state index >= 15 is 0 Å². The Bertz CT molecular complexity index is 438. The first kappa shape index (κ1) is 7.42. The number of hydrogen-bond donors (Lipinski definition) is 0. The van der Waals surface area contributed by atoms with Crippen molar-refractivity contribution < 1.29 is 8.84 Å². The van der Waals surface area contributed by atoms with Crippen LogP contribution in [0, 0.1) is 0 Å². The van der Waals surface area contributed by atoms with Crippen molar-refractivity contribution in [3.8, 4) is 0 Å². The van der Waals surface area contributed by atoms with Crippen LogP contribution < -0.4 is 0 Å². The quantitative estimate of drug-likeness (QED) is 0.659. The smallest absolute Gasteiger partial charge is 0.151 e. The fourth-order valence-corrected chi connectivity index (χ4v) is 1.70. The number of aromatic nitrogens is 2. The Morgan fingerprint density at radius 3 is 3.00 bits per heavy atom. The van der Waals surface area contributed by atoms with Gasteiger partial charge in [-0.25, -0.2) is 4.63 Å². The molecule has 0 spiro atoms. The third kappa shape index (κ3) is 1.02. The van der Waals surface area contributed by atoms with E-state index in [2.05, 4.69) is 14.9 Å². The summed E-state index contributed by atoms with van der Waals surface area (Å²) in [7, 11) is -1.04. The normalized spacial score (nSPS) is 13.4. The van der Waals surface area contributed by atoms with Crippen molar-refractivity contribution in [3.05, 3.63) is 18.2 Å². The molecule has 0 saturated heterocycles. The van der Waals surface area contributed by atoms with Crippen LogP contribution in [0.2, 0.25) is 0 Å². The summed E-state index contributed by atoms with van der Waals surface area (Å²) in [5.74, 6) is 0. The first-order chi connectivity index (χ1) is 5.79. The highest BCUT2D eigenvalue weighted by Gasteiger charge is 2.07. The number of fused-ring (bicyclic) bond motifs is 1. The molecule has 0 saturated carbocycles. The van der Waals surface area contributed by atoms with E-state index in [0.717, 1.165) is 0 Å². The molecule has 2 aromatic rings. The van der Waals surface area contributed by atoms with Gasteiger partial charge < -0.3 is 0 Å². The second kappa shape index (κ2) is 2.67. The molecule has 62 valence electrons. The minimum absolute atomic E-state index is 0.582. The van der Waals surface area contributed by atoms with Crippen LogP contribution >= 0.6 is 0 Å². The van der Waals surface area contributed by atoms with Gasteiger partial charge in [0.15, 0.2) is 5.52 Å². The van der Waals surface area contributed by atoms with Crippen molar-refractivity contribution in [1.82, 2.24) is 10.3 Å². The zero-order chi connectivity index (χ0) is 8.55. The highest BCUT2D eigenvalue weighted by Crippen LogP contribution is 2.16. The lowest BCUT2D eigenvalue weighted by Gasteiger charge is -1.92. The van der Waals surface area contributed by atoms with Crippen LogP contribution in [-0.4, -0.2) is 20.8 Å². The molecule has 0 radical (unpaired) electrons. The number of rotatable bonds is 1. The maximum absolute atomic E-state index is 11.2. The maximum atomic E-state index is 11.2. The van der Waals surface area contributed by atoms with E-state index < -0.39 is 10.8 Å². The van der Waals surface area contributed by atoms with Crippen LogP contribution in [0.5, 0.6) is 0 Å². The van der Waals surface area contributed by atoms with Crippen molar-refractivity contribution >= 4 is 21.8 Å². The Labute approximate surface area is 71.0 Å². The van der Waals surface area contributed by atoms with Crippen LogP contribution in [0.3, 0.4) is 0 Å². The number of nitrogens with zero attached hydrogens (tertiary/aromatic N) is 2. The predicted molar refractivity (Wildman–Crippen MR) is 44.1 cm³/mol. The standard InChI is InChI=1S/C7H6N2O2S/c1-12(10)6-4-2-3-5-7(6)9-11-8-5/h2-4H,1H3. The van der Waals surface area contributed by atoms with E-state index in [1.54, 1.807) is 24.5 Å². The van der Waals surface area contributed by atoms with Gasteiger partial charge in [-0.1, -0.05) is 6.07 Å². The van der Waals surface area contributed by atoms with Gasteiger partial charge >= 0.3 is 0 Å². The highest BCUT2D eigenvalue weighted by atomic mass is 32.2. The van der Waals surface area contributed by atoms with Crippen LogP contribution in [0.1, 0.15) is 0 Å². The number of benzene rings is 1. The molecule has 0 aliphatic heterocycles. The van der Waals surface area contributed by atoms with Gasteiger partial charge in [-0.05, 0) is 22.4 Å². The predicted octanol–water partition coefficient (Wildman–Crippen LogP) is 0.960. The fraction of sp³-hybridized carbons (Fsp3) is 0.143. The summed E-state index contributed by atoms with van der Waals surface area (Å²) in [5, 5.41) is 7.30. The Hall–Kier alpha value is -1.23. The minimum Gasteiger partial charge on any atom is -0.255 e. The van der Waals surface area contributed by atoms with Crippen LogP contribution in [0.4, 0.5) is 0 Å². The highest BCUT2D eigenvalue weighted by molar-refractivity contribution is 7.84. The monoisotopic (exact) mass is 182 g/mol. The maximum Gasteiger partial charge on any atom is 0.151 e. The molecule has 0 amide bonds. The first-order valence-corrected chi connectivity index (χ1v) is 4.89. The minimum atomic E-state index is -1.04. The Morgan fingerprint density at radius 2 is 2.25 bits per heavy atom. The van der Waals surface area contributed by atoms with E-state index in [0.29, 0.717) is 15.9 Å². The Balaban J connectivity index is 2.82. The van der Waals surface area contributed by atoms with E-state index in [-0.39, 0.29) is 0 Å². The van der Waals surface area contributed by atoms with Crippen molar-refractivity contribution in [2.24, 2.45) is 0 Å². The van der Waals surface area contributed by atoms with Crippen molar-refractivity contribution in [1.29, 1.82) is 0 Å². The molecular weight excluding hydrogens is 176 g/mol. The lowest BCUT2D eigenvalue weighted by molar-refractivity contribution is 0.315. The second-order valence-electron chi connectivity index (χ2n) is 2.34. The zero-order valence-electron chi connectivity index (χ0n) is 6.35. The van der Waals surface area contributed by atoms with Gasteiger partial charge in [-0.15, -0.1) is 0 Å². The van der Waals surface area contributed by atoms with Gasteiger partial charge in [0.25, 0.3) is 0 Å². The molecule has 1 unspecified atom stereocenters. The fourth-order valence-electron chi connectivity index (χ4n) is 1.01. The average molecular weight is 182 g/mol. The molecule has 1 atom stereocenters. The molecule has 0 aliphatic carbocycles. The van der Waals surface area contributed by atoms with E-state index in [9.17, 15) is 4.21 Å². The molecule has 0 N–H and O–H groups in total. The third-order valence-electron chi connectivity index (χ3n) is 1.56. The Morgan fingerprint density at radius 1 is 1.42 bits per heavy atom. The van der Waals surface area contributed by atoms with Gasteiger partial charge in [-0.2, -0.15) is 0 Å². The first-order valence-electron chi connectivity index (χ1n) is 3.34. The SMILES string of the molecule is CS(=O)c1cccc2nonc12. The van der Waals surface area contributed by atoms with Gasteiger partial charge in [0.1, 0.15) is 5.52 Å². The van der Waals surface area contributed by atoms with E-state index in [1.165, 1.54) is 0 Å². The van der Waals surface area contributed by atoms with E-state index in [1.807, 2.05) is 0 Å². The number of hydrogen-bond acceptors (Lipinski definition) is 4. The summed E-state index contributed by atoms with van der Waals surface area (Å²) in [4.78, 5) is 0.661. The topological polar surface area (TPSA) is 56.0 Å². The lowest BCUT2D eigenvalue weighted by Crippen LogP contribution is -1.88. The molecule has 5 heteroatoms. The van der Waals surface area contributed by atoms with Gasteiger partial charge in [0.2, 0.25) is 0 Å². The van der Waals surface area contributed by atoms with E-state index in [4.69, 9.17) is 0 Å². The van der Waals surface area contributed by atoms with Crippen LogP contribution in [0.15, 0.2) is 27.7 Å². The Kier molecular flexibility index (Phi) is 1.65. The average Bonchev–Trinajstić information content (AvgIpc) is 2.49. The molecule has 1 heterocycles. The van der Waals surface area contributed by atoms with Crippen molar-refractivity contribution in [2.75, 3.05) is 6.26 Å². The molecule has 0 aliphatic rings. The zero-order valence-corrected chi connectivity index (χ0v) is 7.17. The molecule has 1 aromatic carbocycles. The molecular formula is C7H6N2O2S. The summed E-state index contributed by atoms with van der Waals surface area (Å²) in [6.07, 6.45) is 1.60. The molecule has 0 fully saturated rings. The summed E-state index contributed by atoms with van der Waals surface area (Å²) < 4.78 is 15.7. The molecule has 1 aromatic heterocycles. The molecule has 4 nitrogen and oxygen atoms in total. The summed E-state index contributed by atoms with van der Waals surface area (Å²) in [5.41, 5.74) is 1.22. The molecule has 2 rings (SSSR count). The van der Waals surface area contributed by atoms with Gasteiger partial charge in [0.05, 0.1) is 15.7 Å². The second-order valence-corrected chi connectivity index (χ2v) is 3.69. The van der Waals surface area contributed by atoms with Gasteiger partial charge in [-0.3, -0.25) is 4.21 Å². The van der Waals surface area contributed by atoms with Crippen molar-refractivity contribution in [2.45, 2.75) is 4.90 Å². The summed E-state index contributed by atoms with van der Waals surface area (Å²) >= 11 is 0. The largest absolute Gasteiger partial charge is 0.255 e. The molecule has 12 heavy (non-hydrogen) atoms. The summed E-state index contributed by atoms with van der Waals surface area (Å²) in [6, 6.07) is 5.30. The van der Waals surface area contributed by atoms with Gasteiger partial charge in [0, 0.05) is 6.26 Å². The summed E-state index contributed by atoms with van der Waals surface area (Å²) in [6.45, 7) is 0. The van der Waals surface area contributed by atoms with Crippen molar-refractivity contribution in [3.63, 3.8) is 0 Å². The lowest BCUT2D eigenvalue weighted by atomic mass is 10.3.